The molecule has 1 aliphatic rings. The molecule has 0 atom stereocenters. The summed E-state index contributed by atoms with van der Waals surface area (Å²) in [6.45, 7) is 0. The Hall–Kier alpha value is -2.86. The summed E-state index contributed by atoms with van der Waals surface area (Å²) in [7, 11) is 0. The zero-order valence-corrected chi connectivity index (χ0v) is 15.6. The van der Waals surface area contributed by atoms with Crippen LogP contribution in [0.15, 0.2) is 58.7 Å². The lowest BCUT2D eigenvalue weighted by atomic mass is 10.2. The second-order valence-electron chi connectivity index (χ2n) is 6.59. The van der Waals surface area contributed by atoms with Gasteiger partial charge in [0, 0.05) is 5.69 Å². The Kier molecular flexibility index (Phi) is 5.07. The summed E-state index contributed by atoms with van der Waals surface area (Å²) < 4.78 is 5.92. The number of nitrogens with one attached hydrogen (secondary N) is 2. The van der Waals surface area contributed by atoms with E-state index in [0.717, 1.165) is 23.5 Å². The number of H-pyrrole nitrogens is 1. The molecule has 138 valence electrons. The van der Waals surface area contributed by atoms with Gasteiger partial charge in [-0.1, -0.05) is 6.07 Å². The van der Waals surface area contributed by atoms with E-state index in [0.29, 0.717) is 17.5 Å². The Morgan fingerprint density at radius 3 is 2.52 bits per heavy atom. The van der Waals surface area contributed by atoms with E-state index in [-0.39, 0.29) is 5.56 Å². The number of carbonyl (C=O) groups excluding carboxylic acids is 1. The van der Waals surface area contributed by atoms with E-state index in [2.05, 4.69) is 10.3 Å². The van der Waals surface area contributed by atoms with Crippen molar-refractivity contribution in [1.82, 2.24) is 4.98 Å². The first-order chi connectivity index (χ1) is 13.2. The van der Waals surface area contributed by atoms with Gasteiger partial charge in [-0.05, 0) is 73.5 Å². The van der Waals surface area contributed by atoms with Crippen LogP contribution in [-0.2, 0) is 0 Å². The number of carbonyl (C=O) groups is 1. The number of pyridine rings is 1. The van der Waals surface area contributed by atoms with E-state index < -0.39 is 11.5 Å². The molecule has 1 saturated carbocycles. The van der Waals surface area contributed by atoms with Crippen molar-refractivity contribution in [3.63, 3.8) is 0 Å². The van der Waals surface area contributed by atoms with Gasteiger partial charge >= 0.3 is 0 Å². The topological polar surface area (TPSA) is 71.2 Å². The summed E-state index contributed by atoms with van der Waals surface area (Å²) in [4.78, 5) is 28.4. The van der Waals surface area contributed by atoms with E-state index in [9.17, 15) is 9.59 Å². The fourth-order valence-corrected chi connectivity index (χ4v) is 3.95. The summed E-state index contributed by atoms with van der Waals surface area (Å²) in [5.74, 6) is 0.372. The Bertz CT molecular complexity index is 971. The molecule has 6 heteroatoms. The van der Waals surface area contributed by atoms with Crippen LogP contribution in [0.3, 0.4) is 0 Å². The van der Waals surface area contributed by atoms with Crippen LogP contribution >= 0.6 is 11.3 Å². The average Bonchev–Trinajstić information content (AvgIpc) is 3.37. The number of aromatic nitrogens is 1. The molecule has 4 rings (SSSR count). The second-order valence-corrected chi connectivity index (χ2v) is 7.54. The van der Waals surface area contributed by atoms with Crippen molar-refractivity contribution in [1.29, 1.82) is 0 Å². The monoisotopic (exact) mass is 380 g/mol. The molecule has 0 unspecified atom stereocenters. The van der Waals surface area contributed by atoms with E-state index >= 15 is 0 Å². The van der Waals surface area contributed by atoms with Crippen LogP contribution in [-0.4, -0.2) is 17.0 Å². The van der Waals surface area contributed by atoms with Gasteiger partial charge in [0.1, 0.15) is 11.3 Å². The summed E-state index contributed by atoms with van der Waals surface area (Å²) in [6, 6.07) is 14.4. The van der Waals surface area contributed by atoms with E-state index in [1.807, 2.05) is 29.6 Å². The molecular weight excluding hydrogens is 360 g/mol. The van der Waals surface area contributed by atoms with Gasteiger partial charge in [-0.3, -0.25) is 9.59 Å². The molecule has 2 heterocycles. The van der Waals surface area contributed by atoms with Gasteiger partial charge in [0.25, 0.3) is 11.5 Å². The predicted octanol–water partition coefficient (Wildman–Crippen LogP) is 4.68. The van der Waals surface area contributed by atoms with Crippen molar-refractivity contribution in [2.45, 2.75) is 31.8 Å². The van der Waals surface area contributed by atoms with Crippen LogP contribution in [0.25, 0.3) is 10.6 Å². The Balaban J connectivity index is 1.43. The smallest absolute Gasteiger partial charge is 0.261 e. The number of amides is 1. The van der Waals surface area contributed by atoms with Gasteiger partial charge in [-0.15, -0.1) is 11.3 Å². The summed E-state index contributed by atoms with van der Waals surface area (Å²) >= 11 is 1.53. The van der Waals surface area contributed by atoms with Crippen molar-refractivity contribution < 1.29 is 9.53 Å². The molecule has 0 spiro atoms. The van der Waals surface area contributed by atoms with Crippen LogP contribution in [0.4, 0.5) is 5.69 Å². The normalized spacial score (nSPS) is 14.2. The fourth-order valence-electron chi connectivity index (χ4n) is 3.24. The first kappa shape index (κ1) is 17.5. The molecule has 2 N–H and O–H groups in total. The fraction of sp³-hybridized carbons (Fsp3) is 0.238. The maximum absolute atomic E-state index is 12.4. The molecule has 0 aliphatic heterocycles. The lowest BCUT2D eigenvalue weighted by molar-refractivity contribution is 0.102. The minimum atomic E-state index is -0.432. The third-order valence-corrected chi connectivity index (χ3v) is 5.56. The molecular formula is C21H20N2O3S. The first-order valence-corrected chi connectivity index (χ1v) is 9.92. The van der Waals surface area contributed by atoms with Crippen LogP contribution < -0.4 is 15.6 Å². The van der Waals surface area contributed by atoms with Crippen LogP contribution in [0.5, 0.6) is 5.75 Å². The zero-order valence-electron chi connectivity index (χ0n) is 14.7. The van der Waals surface area contributed by atoms with Crippen molar-refractivity contribution in [3.05, 3.63) is 69.8 Å². The molecule has 5 nitrogen and oxygen atoms in total. The third kappa shape index (κ3) is 4.11. The predicted molar refractivity (Wildman–Crippen MR) is 108 cm³/mol. The molecule has 0 bridgehead atoms. The summed E-state index contributed by atoms with van der Waals surface area (Å²) in [5.41, 5.74) is 1.02. The SMILES string of the molecule is O=C(Nc1ccc(OC2CCCC2)cc1)c1ccc(-c2cccs2)[nH]c1=O. The van der Waals surface area contributed by atoms with Crippen LogP contribution in [0, 0.1) is 0 Å². The Labute approximate surface area is 161 Å². The minimum absolute atomic E-state index is 0.0848. The maximum atomic E-state index is 12.4. The highest BCUT2D eigenvalue weighted by Crippen LogP contribution is 2.25. The third-order valence-electron chi connectivity index (χ3n) is 4.66. The Morgan fingerprint density at radius 1 is 1.07 bits per heavy atom. The molecule has 0 saturated heterocycles. The highest BCUT2D eigenvalue weighted by molar-refractivity contribution is 7.13. The van der Waals surface area contributed by atoms with Crippen molar-refractivity contribution in [2.24, 2.45) is 0 Å². The quantitative estimate of drug-likeness (QED) is 0.675. The molecule has 27 heavy (non-hydrogen) atoms. The maximum Gasteiger partial charge on any atom is 0.261 e. The second kappa shape index (κ2) is 7.80. The number of hydrogen-bond donors (Lipinski definition) is 2. The van der Waals surface area contributed by atoms with Gasteiger partial charge in [-0.2, -0.15) is 0 Å². The highest BCUT2D eigenvalue weighted by Gasteiger charge is 2.16. The lowest BCUT2D eigenvalue weighted by Crippen LogP contribution is -2.23. The van der Waals surface area contributed by atoms with Crippen LogP contribution in [0.1, 0.15) is 36.0 Å². The number of rotatable bonds is 5. The number of ether oxygens (including phenoxy) is 1. The van der Waals surface area contributed by atoms with E-state index in [1.54, 1.807) is 24.3 Å². The standard InChI is InChI=1S/C21H20N2O3S/c24-20(17-11-12-18(23-21(17)25)19-6-3-13-27-19)22-14-7-9-16(10-8-14)26-15-4-1-2-5-15/h3,6-13,15H,1-2,4-5H2,(H,22,24)(H,23,25). The van der Waals surface area contributed by atoms with Gasteiger partial charge in [0.05, 0.1) is 16.7 Å². The van der Waals surface area contributed by atoms with E-state index in [1.165, 1.54) is 24.2 Å². The van der Waals surface area contributed by atoms with Crippen molar-refractivity contribution in [2.75, 3.05) is 5.32 Å². The largest absolute Gasteiger partial charge is 0.490 e. The Morgan fingerprint density at radius 2 is 1.85 bits per heavy atom. The summed E-state index contributed by atoms with van der Waals surface area (Å²) in [6.07, 6.45) is 4.94. The highest BCUT2D eigenvalue weighted by atomic mass is 32.1. The summed E-state index contributed by atoms with van der Waals surface area (Å²) in [5, 5.41) is 4.70. The number of hydrogen-bond acceptors (Lipinski definition) is 4. The molecule has 1 aliphatic carbocycles. The van der Waals surface area contributed by atoms with Crippen molar-refractivity contribution in [3.8, 4) is 16.3 Å². The number of anilines is 1. The van der Waals surface area contributed by atoms with Gasteiger partial charge in [-0.25, -0.2) is 0 Å². The van der Waals surface area contributed by atoms with Crippen LogP contribution in [0.2, 0.25) is 0 Å². The first-order valence-electron chi connectivity index (χ1n) is 9.04. The minimum Gasteiger partial charge on any atom is -0.490 e. The number of aromatic amines is 1. The van der Waals surface area contributed by atoms with Gasteiger partial charge in [0.15, 0.2) is 0 Å². The molecule has 2 aromatic heterocycles. The number of thiophene rings is 1. The molecule has 0 radical (unpaired) electrons. The average molecular weight is 380 g/mol. The molecule has 1 aromatic carbocycles. The lowest BCUT2D eigenvalue weighted by Gasteiger charge is -2.13. The molecule has 1 fully saturated rings. The van der Waals surface area contributed by atoms with Crippen molar-refractivity contribution >= 4 is 22.9 Å². The number of benzene rings is 1. The zero-order chi connectivity index (χ0) is 18.6. The van der Waals surface area contributed by atoms with E-state index in [4.69, 9.17) is 4.74 Å². The van der Waals surface area contributed by atoms with Gasteiger partial charge < -0.3 is 15.0 Å². The van der Waals surface area contributed by atoms with Gasteiger partial charge in [0.2, 0.25) is 0 Å². The molecule has 1 amide bonds. The molecule has 3 aromatic rings.